The molecule has 0 aromatic heterocycles. The molecule has 0 bridgehead atoms. The molecule has 0 spiro atoms. The Labute approximate surface area is 102 Å². The van der Waals surface area contributed by atoms with Crippen LogP contribution < -0.4 is 4.74 Å². The second-order valence-corrected chi connectivity index (χ2v) is 4.49. The first-order chi connectivity index (χ1) is 8.16. The van der Waals surface area contributed by atoms with Crippen LogP contribution in [-0.4, -0.2) is 17.3 Å². The standard InChI is InChI=1S/C15H18O2/c1-11(16)10-12(2)17-15-9-5-7-13-6-3-4-8-14(13)15/h3-9,11-12,16H,10H2,1-2H3/t11-,12+/m1/s1. The normalized spacial score (nSPS) is 14.5. The van der Waals surface area contributed by atoms with Gasteiger partial charge >= 0.3 is 0 Å². The molecular formula is C15H18O2. The molecule has 2 heteroatoms. The third-order valence-corrected chi connectivity index (χ3v) is 2.75. The number of hydrogen-bond acceptors (Lipinski definition) is 2. The number of fused-ring (bicyclic) bond motifs is 1. The number of ether oxygens (including phenoxy) is 1. The van der Waals surface area contributed by atoms with E-state index < -0.39 is 0 Å². The largest absolute Gasteiger partial charge is 0.490 e. The minimum absolute atomic E-state index is 0.0146. The van der Waals surface area contributed by atoms with Crippen LogP contribution in [0.4, 0.5) is 0 Å². The van der Waals surface area contributed by atoms with E-state index in [0.29, 0.717) is 6.42 Å². The summed E-state index contributed by atoms with van der Waals surface area (Å²) in [5.41, 5.74) is 0. The van der Waals surface area contributed by atoms with E-state index >= 15 is 0 Å². The van der Waals surface area contributed by atoms with E-state index in [9.17, 15) is 5.11 Å². The summed E-state index contributed by atoms with van der Waals surface area (Å²) in [6.07, 6.45) is 0.323. The van der Waals surface area contributed by atoms with E-state index in [2.05, 4.69) is 18.2 Å². The van der Waals surface area contributed by atoms with Crippen molar-refractivity contribution in [3.8, 4) is 5.75 Å². The summed E-state index contributed by atoms with van der Waals surface area (Å²) in [5.74, 6) is 0.885. The van der Waals surface area contributed by atoms with E-state index in [1.807, 2.05) is 31.2 Å². The van der Waals surface area contributed by atoms with Crippen molar-refractivity contribution in [2.45, 2.75) is 32.5 Å². The molecule has 0 aliphatic carbocycles. The first kappa shape index (κ1) is 11.9. The highest BCUT2D eigenvalue weighted by Crippen LogP contribution is 2.26. The average Bonchev–Trinajstić information content (AvgIpc) is 2.28. The van der Waals surface area contributed by atoms with E-state index in [0.717, 1.165) is 11.1 Å². The van der Waals surface area contributed by atoms with Gasteiger partial charge in [0.15, 0.2) is 0 Å². The molecule has 0 aliphatic rings. The lowest BCUT2D eigenvalue weighted by molar-refractivity contribution is 0.116. The average molecular weight is 230 g/mol. The fourth-order valence-corrected chi connectivity index (χ4v) is 2.04. The fraction of sp³-hybridized carbons (Fsp3) is 0.333. The molecule has 0 fully saturated rings. The molecule has 2 atom stereocenters. The first-order valence-corrected chi connectivity index (χ1v) is 5.99. The van der Waals surface area contributed by atoms with Gasteiger partial charge in [-0.1, -0.05) is 36.4 Å². The van der Waals surface area contributed by atoms with Crippen molar-refractivity contribution in [1.29, 1.82) is 0 Å². The fourth-order valence-electron chi connectivity index (χ4n) is 2.04. The minimum atomic E-state index is -0.333. The molecule has 2 aromatic carbocycles. The van der Waals surface area contributed by atoms with E-state index in [4.69, 9.17) is 4.74 Å². The molecule has 2 rings (SSSR count). The number of rotatable bonds is 4. The maximum atomic E-state index is 9.33. The third kappa shape index (κ3) is 2.98. The van der Waals surface area contributed by atoms with Gasteiger partial charge in [-0.3, -0.25) is 0 Å². The molecule has 2 aromatic rings. The SMILES string of the molecule is C[C@@H](O)C[C@H](C)Oc1cccc2ccccc12. The Morgan fingerprint density at radius 3 is 2.53 bits per heavy atom. The Morgan fingerprint density at radius 1 is 1.06 bits per heavy atom. The molecule has 0 amide bonds. The predicted octanol–water partition coefficient (Wildman–Crippen LogP) is 3.38. The van der Waals surface area contributed by atoms with Crippen molar-refractivity contribution < 1.29 is 9.84 Å². The van der Waals surface area contributed by atoms with Gasteiger partial charge in [0.1, 0.15) is 5.75 Å². The second-order valence-electron chi connectivity index (χ2n) is 4.49. The van der Waals surface area contributed by atoms with Crippen molar-refractivity contribution in [3.63, 3.8) is 0 Å². The van der Waals surface area contributed by atoms with Gasteiger partial charge in [0, 0.05) is 11.8 Å². The monoisotopic (exact) mass is 230 g/mol. The summed E-state index contributed by atoms with van der Waals surface area (Å²) in [4.78, 5) is 0. The summed E-state index contributed by atoms with van der Waals surface area (Å²) in [7, 11) is 0. The van der Waals surface area contributed by atoms with Crippen LogP contribution in [0, 0.1) is 0 Å². The van der Waals surface area contributed by atoms with Crippen LogP contribution in [0.3, 0.4) is 0 Å². The van der Waals surface area contributed by atoms with Crippen molar-refractivity contribution in [2.75, 3.05) is 0 Å². The predicted molar refractivity (Wildman–Crippen MR) is 70.3 cm³/mol. The van der Waals surface area contributed by atoms with E-state index in [1.54, 1.807) is 6.92 Å². The van der Waals surface area contributed by atoms with E-state index in [1.165, 1.54) is 5.39 Å². The van der Waals surface area contributed by atoms with Crippen molar-refractivity contribution in [2.24, 2.45) is 0 Å². The minimum Gasteiger partial charge on any atom is -0.490 e. The maximum Gasteiger partial charge on any atom is 0.127 e. The molecule has 0 aliphatic heterocycles. The summed E-state index contributed by atoms with van der Waals surface area (Å²) >= 11 is 0. The first-order valence-electron chi connectivity index (χ1n) is 5.99. The lowest BCUT2D eigenvalue weighted by Gasteiger charge is -2.17. The van der Waals surface area contributed by atoms with Gasteiger partial charge in [-0.05, 0) is 25.3 Å². The summed E-state index contributed by atoms with van der Waals surface area (Å²) in [5, 5.41) is 11.6. The molecule has 2 nitrogen and oxygen atoms in total. The van der Waals surface area contributed by atoms with Crippen LogP contribution in [0.5, 0.6) is 5.75 Å². The second kappa shape index (κ2) is 5.19. The smallest absolute Gasteiger partial charge is 0.127 e. The molecule has 0 heterocycles. The Kier molecular flexibility index (Phi) is 3.64. The molecular weight excluding hydrogens is 212 g/mol. The van der Waals surface area contributed by atoms with Crippen molar-refractivity contribution in [3.05, 3.63) is 42.5 Å². The van der Waals surface area contributed by atoms with Crippen LogP contribution in [0.1, 0.15) is 20.3 Å². The van der Waals surface area contributed by atoms with Crippen molar-refractivity contribution >= 4 is 10.8 Å². The summed E-state index contributed by atoms with van der Waals surface area (Å²) in [6.45, 7) is 3.76. The lowest BCUT2D eigenvalue weighted by Crippen LogP contribution is -2.18. The highest BCUT2D eigenvalue weighted by molar-refractivity contribution is 5.88. The van der Waals surface area contributed by atoms with Gasteiger partial charge in [0.05, 0.1) is 12.2 Å². The molecule has 0 unspecified atom stereocenters. The van der Waals surface area contributed by atoms with Gasteiger partial charge in [0.2, 0.25) is 0 Å². The zero-order chi connectivity index (χ0) is 12.3. The number of hydrogen-bond donors (Lipinski definition) is 1. The van der Waals surface area contributed by atoms with Crippen LogP contribution in [-0.2, 0) is 0 Å². The topological polar surface area (TPSA) is 29.5 Å². The number of aliphatic hydroxyl groups is 1. The summed E-state index contributed by atoms with van der Waals surface area (Å²) < 4.78 is 5.88. The molecule has 0 radical (unpaired) electrons. The van der Waals surface area contributed by atoms with E-state index in [-0.39, 0.29) is 12.2 Å². The van der Waals surface area contributed by atoms with Gasteiger partial charge < -0.3 is 9.84 Å². The molecule has 90 valence electrons. The van der Waals surface area contributed by atoms with Gasteiger partial charge in [-0.25, -0.2) is 0 Å². The Morgan fingerprint density at radius 2 is 1.76 bits per heavy atom. The highest BCUT2D eigenvalue weighted by Gasteiger charge is 2.09. The van der Waals surface area contributed by atoms with Gasteiger partial charge in [-0.15, -0.1) is 0 Å². The third-order valence-electron chi connectivity index (χ3n) is 2.75. The molecule has 1 N–H and O–H groups in total. The quantitative estimate of drug-likeness (QED) is 0.872. The van der Waals surface area contributed by atoms with Gasteiger partial charge in [-0.2, -0.15) is 0 Å². The zero-order valence-corrected chi connectivity index (χ0v) is 10.3. The molecule has 0 saturated carbocycles. The Balaban J connectivity index is 2.24. The Bertz CT molecular complexity index is 486. The number of benzene rings is 2. The highest BCUT2D eigenvalue weighted by atomic mass is 16.5. The van der Waals surface area contributed by atoms with Crippen molar-refractivity contribution in [1.82, 2.24) is 0 Å². The maximum absolute atomic E-state index is 9.33. The lowest BCUT2D eigenvalue weighted by atomic mass is 10.1. The van der Waals surface area contributed by atoms with Crippen LogP contribution in [0.2, 0.25) is 0 Å². The molecule has 0 saturated heterocycles. The summed E-state index contributed by atoms with van der Waals surface area (Å²) in [6, 6.07) is 14.2. The van der Waals surface area contributed by atoms with Crippen LogP contribution in [0.15, 0.2) is 42.5 Å². The van der Waals surface area contributed by atoms with Gasteiger partial charge in [0.25, 0.3) is 0 Å². The Hall–Kier alpha value is -1.54. The van der Waals surface area contributed by atoms with Crippen LogP contribution in [0.25, 0.3) is 10.8 Å². The molecule has 17 heavy (non-hydrogen) atoms. The van der Waals surface area contributed by atoms with Crippen LogP contribution >= 0.6 is 0 Å². The zero-order valence-electron chi connectivity index (χ0n) is 10.3. The number of aliphatic hydroxyl groups excluding tert-OH is 1.